The predicted molar refractivity (Wildman–Crippen MR) is 182 cm³/mol. The molecule has 5 rings (SSSR count). The summed E-state index contributed by atoms with van der Waals surface area (Å²) in [6, 6.07) is 15.1. The van der Waals surface area contributed by atoms with Gasteiger partial charge in [-0.15, -0.1) is 0 Å². The van der Waals surface area contributed by atoms with Crippen LogP contribution in [0.4, 0.5) is 5.69 Å². The summed E-state index contributed by atoms with van der Waals surface area (Å²) in [5.74, 6) is 0.298. The van der Waals surface area contributed by atoms with Crippen molar-refractivity contribution in [1.29, 1.82) is 0 Å². The quantitative estimate of drug-likeness (QED) is 0.161. The fourth-order valence-corrected chi connectivity index (χ4v) is 5.91. The third-order valence-corrected chi connectivity index (χ3v) is 8.71. The van der Waals surface area contributed by atoms with Crippen molar-refractivity contribution in [3.63, 3.8) is 0 Å². The molecule has 3 aromatic heterocycles. The highest BCUT2D eigenvalue weighted by Crippen LogP contribution is 2.38. The number of carbonyl (C=O) groups is 2. The van der Waals surface area contributed by atoms with E-state index in [1.807, 2.05) is 54.3 Å². The molecule has 246 valence electrons. The summed E-state index contributed by atoms with van der Waals surface area (Å²) in [5.41, 5.74) is 6.25. The summed E-state index contributed by atoms with van der Waals surface area (Å²) in [7, 11) is 1.60. The number of carbonyl (C=O) groups excluding carboxylic acids is 2. The van der Waals surface area contributed by atoms with Crippen LogP contribution >= 0.6 is 11.6 Å². The fraction of sp³-hybridized carbons (Fsp3) is 0.343. The summed E-state index contributed by atoms with van der Waals surface area (Å²) in [6.45, 7) is 6.73. The topological polar surface area (TPSA) is 142 Å². The Labute approximate surface area is 279 Å². The van der Waals surface area contributed by atoms with Gasteiger partial charge >= 0.3 is 0 Å². The maximum absolute atomic E-state index is 13.1. The largest absolute Gasteiger partial charge is 0.481 e. The number of hydrogen-bond donors (Lipinski definition) is 4. The van der Waals surface area contributed by atoms with Gasteiger partial charge < -0.3 is 30.7 Å². The van der Waals surface area contributed by atoms with Crippen molar-refractivity contribution >= 4 is 29.1 Å². The first kappa shape index (κ1) is 33.9. The lowest BCUT2D eigenvalue weighted by Crippen LogP contribution is -2.44. The number of amides is 2. The number of benzene rings is 1. The summed E-state index contributed by atoms with van der Waals surface area (Å²) in [6.07, 6.45) is 5.15. The molecule has 0 saturated carbocycles. The van der Waals surface area contributed by atoms with Crippen LogP contribution in [0, 0.1) is 6.92 Å². The van der Waals surface area contributed by atoms with Gasteiger partial charge in [0.15, 0.2) is 0 Å². The average molecular weight is 658 g/mol. The highest BCUT2D eigenvalue weighted by Gasteiger charge is 2.22. The minimum Gasteiger partial charge on any atom is -0.481 e. The molecule has 1 aromatic carbocycles. The molecule has 0 unspecified atom stereocenters. The zero-order chi connectivity index (χ0) is 33.3. The number of rotatable bonds is 12. The molecule has 11 nitrogen and oxygen atoms in total. The van der Waals surface area contributed by atoms with Crippen LogP contribution in [0.25, 0.3) is 22.5 Å². The van der Waals surface area contributed by atoms with Gasteiger partial charge in [-0.1, -0.05) is 35.9 Å². The van der Waals surface area contributed by atoms with Crippen LogP contribution in [-0.2, 0) is 17.9 Å². The van der Waals surface area contributed by atoms with Gasteiger partial charge in [0.05, 0.1) is 30.1 Å². The number of pyridine rings is 3. The number of aliphatic hydroxyl groups excluding tert-OH is 1. The van der Waals surface area contributed by atoms with Crippen molar-refractivity contribution in [2.75, 3.05) is 38.7 Å². The molecule has 4 heterocycles. The van der Waals surface area contributed by atoms with Crippen molar-refractivity contribution < 1.29 is 19.4 Å². The summed E-state index contributed by atoms with van der Waals surface area (Å²) in [4.78, 5) is 40.3. The number of aromatic nitrogens is 3. The SMILES string of the molecule is COc1nc(-c2ccnc(-c3cccc(NC(=O)c4ccc(CNCCO)cn4)c3C)c2Cl)ccc1CNC1CCN(C(C)=O)CC1. The van der Waals surface area contributed by atoms with Crippen molar-refractivity contribution in [2.45, 2.75) is 45.8 Å². The van der Waals surface area contributed by atoms with E-state index in [0.29, 0.717) is 59.2 Å². The third kappa shape index (κ3) is 8.30. The van der Waals surface area contributed by atoms with E-state index in [0.717, 1.165) is 48.2 Å². The molecule has 0 bridgehead atoms. The minimum absolute atomic E-state index is 0.0552. The van der Waals surface area contributed by atoms with E-state index >= 15 is 0 Å². The van der Waals surface area contributed by atoms with E-state index in [9.17, 15) is 9.59 Å². The maximum Gasteiger partial charge on any atom is 0.274 e. The molecule has 0 spiro atoms. The number of likely N-dealkylation sites (tertiary alicyclic amines) is 1. The Balaban J connectivity index is 1.30. The molecular formula is C35H40ClN7O4. The molecule has 2 amide bonds. The Bertz CT molecular complexity index is 1710. The second kappa shape index (κ2) is 15.9. The zero-order valence-corrected chi connectivity index (χ0v) is 27.6. The Morgan fingerprint density at radius 1 is 1.04 bits per heavy atom. The molecule has 0 radical (unpaired) electrons. The van der Waals surface area contributed by atoms with Crippen LogP contribution in [-0.4, -0.2) is 76.2 Å². The molecule has 4 aromatic rings. The van der Waals surface area contributed by atoms with Gasteiger partial charge in [0.2, 0.25) is 11.8 Å². The minimum atomic E-state index is -0.333. The number of piperidine rings is 1. The van der Waals surface area contributed by atoms with Crippen molar-refractivity contribution in [3.8, 4) is 28.4 Å². The molecule has 1 aliphatic rings. The lowest BCUT2D eigenvalue weighted by molar-refractivity contribution is -0.129. The van der Waals surface area contributed by atoms with Crippen LogP contribution in [0.1, 0.15) is 46.9 Å². The Kier molecular flexibility index (Phi) is 11.5. The van der Waals surface area contributed by atoms with E-state index in [1.54, 1.807) is 32.5 Å². The Hall–Kier alpha value is -4.42. The Morgan fingerprint density at radius 2 is 1.85 bits per heavy atom. The van der Waals surface area contributed by atoms with Crippen LogP contribution in [0.3, 0.4) is 0 Å². The number of methoxy groups -OCH3 is 1. The van der Waals surface area contributed by atoms with Crippen molar-refractivity contribution in [1.82, 2.24) is 30.5 Å². The number of aliphatic hydroxyl groups is 1. The molecule has 1 fully saturated rings. The van der Waals surface area contributed by atoms with Crippen LogP contribution in [0.2, 0.25) is 5.02 Å². The molecule has 4 N–H and O–H groups in total. The maximum atomic E-state index is 13.1. The standard InChI is InChI=1S/C35H40ClN7O4/c1-22-27(5-4-6-29(22)41-34(46)31-9-7-24(20-40-31)19-37-15-18-44)33-32(36)28(11-14-38-33)30-10-8-25(35(42-30)47-3)21-39-26-12-16-43(17-13-26)23(2)45/h4-11,14,20,26,37,39,44H,12-13,15-19,21H2,1-3H3,(H,41,46). The fourth-order valence-electron chi connectivity index (χ4n) is 5.60. The van der Waals surface area contributed by atoms with Crippen molar-refractivity contribution in [3.05, 3.63) is 88.3 Å². The normalized spacial score (nSPS) is 13.4. The molecule has 1 saturated heterocycles. The van der Waals surface area contributed by atoms with Crippen LogP contribution < -0.4 is 20.7 Å². The van der Waals surface area contributed by atoms with Gasteiger partial charge in [0.1, 0.15) is 5.69 Å². The third-order valence-electron chi connectivity index (χ3n) is 8.33. The van der Waals surface area contributed by atoms with Gasteiger partial charge in [-0.25, -0.2) is 4.98 Å². The second-order valence-electron chi connectivity index (χ2n) is 11.4. The lowest BCUT2D eigenvalue weighted by atomic mass is 10.0. The van der Waals surface area contributed by atoms with E-state index in [2.05, 4.69) is 25.9 Å². The van der Waals surface area contributed by atoms with Gasteiger partial charge in [0.25, 0.3) is 5.91 Å². The first-order valence-electron chi connectivity index (χ1n) is 15.6. The van der Waals surface area contributed by atoms with E-state index in [1.165, 1.54) is 0 Å². The van der Waals surface area contributed by atoms with Crippen LogP contribution in [0.5, 0.6) is 5.88 Å². The van der Waals surface area contributed by atoms with E-state index in [4.69, 9.17) is 26.4 Å². The average Bonchev–Trinajstić information content (AvgIpc) is 3.09. The number of nitrogens with zero attached hydrogens (tertiary/aromatic N) is 4. The van der Waals surface area contributed by atoms with E-state index < -0.39 is 0 Å². The molecule has 1 aliphatic heterocycles. The smallest absolute Gasteiger partial charge is 0.274 e. The van der Waals surface area contributed by atoms with Gasteiger partial charge in [0, 0.05) is 80.5 Å². The predicted octanol–water partition coefficient (Wildman–Crippen LogP) is 4.61. The van der Waals surface area contributed by atoms with E-state index in [-0.39, 0.29) is 24.1 Å². The first-order valence-corrected chi connectivity index (χ1v) is 16.0. The number of ether oxygens (including phenoxy) is 1. The molecular weight excluding hydrogens is 618 g/mol. The summed E-state index contributed by atoms with van der Waals surface area (Å²) in [5, 5.41) is 19.0. The second-order valence-corrected chi connectivity index (χ2v) is 11.8. The molecule has 0 aliphatic carbocycles. The monoisotopic (exact) mass is 657 g/mol. The van der Waals surface area contributed by atoms with Gasteiger partial charge in [-0.05, 0) is 55.2 Å². The summed E-state index contributed by atoms with van der Waals surface area (Å²) >= 11 is 7.00. The van der Waals surface area contributed by atoms with Gasteiger partial charge in [-0.3, -0.25) is 19.6 Å². The van der Waals surface area contributed by atoms with Crippen LogP contribution in [0.15, 0.2) is 60.9 Å². The molecule has 47 heavy (non-hydrogen) atoms. The zero-order valence-electron chi connectivity index (χ0n) is 26.8. The highest BCUT2D eigenvalue weighted by molar-refractivity contribution is 6.35. The first-order chi connectivity index (χ1) is 22.8. The Morgan fingerprint density at radius 3 is 2.55 bits per heavy atom. The molecule has 12 heteroatoms. The number of halogens is 1. The highest BCUT2D eigenvalue weighted by atomic mass is 35.5. The number of nitrogens with one attached hydrogen (secondary N) is 3. The summed E-state index contributed by atoms with van der Waals surface area (Å²) < 4.78 is 5.67. The number of anilines is 1. The lowest BCUT2D eigenvalue weighted by Gasteiger charge is -2.31. The van der Waals surface area contributed by atoms with Crippen molar-refractivity contribution in [2.24, 2.45) is 0 Å². The molecule has 0 atom stereocenters. The van der Waals surface area contributed by atoms with Gasteiger partial charge in [-0.2, -0.15) is 0 Å². The number of hydrogen-bond acceptors (Lipinski definition) is 9.